The van der Waals surface area contributed by atoms with E-state index in [4.69, 9.17) is 12.2 Å². The molecular weight excluding hydrogens is 304 g/mol. The standard InChI is InChI=1S/C11H11BrN2S2/c1-2-4-7-9(12)11(15)14-10(13-7)8-5-3-6-16-8/h3,5-6H,2,4H2,1H3,(H,13,14,15). The monoisotopic (exact) mass is 314 g/mol. The van der Waals surface area contributed by atoms with E-state index in [2.05, 4.69) is 32.8 Å². The van der Waals surface area contributed by atoms with Crippen LogP contribution in [0.5, 0.6) is 0 Å². The van der Waals surface area contributed by atoms with Crippen LogP contribution in [0.3, 0.4) is 0 Å². The number of nitrogens with zero attached hydrogens (tertiary/aromatic N) is 1. The molecule has 0 atom stereocenters. The van der Waals surface area contributed by atoms with Crippen molar-refractivity contribution in [2.45, 2.75) is 19.8 Å². The van der Waals surface area contributed by atoms with E-state index in [0.29, 0.717) is 4.64 Å². The van der Waals surface area contributed by atoms with Crippen LogP contribution in [-0.2, 0) is 6.42 Å². The normalized spacial score (nSPS) is 10.6. The molecule has 0 spiro atoms. The highest BCUT2D eigenvalue weighted by Crippen LogP contribution is 2.25. The first-order valence-corrected chi connectivity index (χ1v) is 7.13. The van der Waals surface area contributed by atoms with Crippen LogP contribution in [0.15, 0.2) is 22.0 Å². The molecule has 0 aromatic carbocycles. The Morgan fingerprint density at radius 2 is 2.38 bits per heavy atom. The molecule has 2 aromatic heterocycles. The summed E-state index contributed by atoms with van der Waals surface area (Å²) < 4.78 is 1.55. The first-order chi connectivity index (χ1) is 7.72. The van der Waals surface area contributed by atoms with Crippen molar-refractivity contribution in [3.05, 3.63) is 32.3 Å². The van der Waals surface area contributed by atoms with Gasteiger partial charge in [-0.2, -0.15) is 0 Å². The highest BCUT2D eigenvalue weighted by atomic mass is 79.9. The molecular formula is C11H11BrN2S2. The summed E-state index contributed by atoms with van der Waals surface area (Å²) >= 11 is 10.4. The zero-order valence-corrected chi connectivity index (χ0v) is 12.0. The molecule has 5 heteroatoms. The number of aromatic amines is 1. The molecule has 0 aliphatic heterocycles. The van der Waals surface area contributed by atoms with E-state index in [1.54, 1.807) is 11.3 Å². The summed E-state index contributed by atoms with van der Waals surface area (Å²) in [6, 6.07) is 4.06. The lowest BCUT2D eigenvalue weighted by atomic mass is 10.2. The maximum atomic E-state index is 5.24. The molecule has 84 valence electrons. The second-order valence-electron chi connectivity index (χ2n) is 3.41. The van der Waals surface area contributed by atoms with Crippen LogP contribution in [-0.4, -0.2) is 9.97 Å². The highest BCUT2D eigenvalue weighted by molar-refractivity contribution is 9.10. The molecule has 16 heavy (non-hydrogen) atoms. The Labute approximate surface area is 112 Å². The SMILES string of the molecule is CCCc1[nH]c(-c2cccs2)nc(=S)c1Br. The number of thiophene rings is 1. The Balaban J connectivity index is 2.53. The molecule has 0 fully saturated rings. The molecule has 0 saturated heterocycles. The number of H-pyrrole nitrogens is 1. The van der Waals surface area contributed by atoms with Crippen molar-refractivity contribution in [3.63, 3.8) is 0 Å². The lowest BCUT2D eigenvalue weighted by Gasteiger charge is -2.06. The van der Waals surface area contributed by atoms with Gasteiger partial charge in [0.25, 0.3) is 0 Å². The second-order valence-corrected chi connectivity index (χ2v) is 5.54. The Morgan fingerprint density at radius 1 is 1.56 bits per heavy atom. The number of aryl methyl sites for hydroxylation is 1. The number of rotatable bonds is 3. The van der Waals surface area contributed by atoms with Crippen LogP contribution in [0.2, 0.25) is 0 Å². The third kappa shape index (κ3) is 2.42. The third-order valence-corrected chi connectivity index (χ3v) is 4.48. The summed E-state index contributed by atoms with van der Waals surface area (Å²) in [5, 5.41) is 2.04. The molecule has 2 aromatic rings. The van der Waals surface area contributed by atoms with Crippen LogP contribution >= 0.6 is 39.5 Å². The summed E-state index contributed by atoms with van der Waals surface area (Å²) in [6.45, 7) is 2.15. The van der Waals surface area contributed by atoms with Crippen molar-refractivity contribution in [1.29, 1.82) is 0 Å². The van der Waals surface area contributed by atoms with Gasteiger partial charge in [-0.05, 0) is 33.8 Å². The molecule has 0 radical (unpaired) electrons. The number of halogens is 1. The fourth-order valence-corrected chi connectivity index (χ4v) is 2.73. The molecule has 2 rings (SSSR count). The summed E-state index contributed by atoms with van der Waals surface area (Å²) in [5.41, 5.74) is 1.13. The van der Waals surface area contributed by atoms with Crippen LogP contribution in [0.25, 0.3) is 10.7 Å². The van der Waals surface area contributed by atoms with Crippen molar-refractivity contribution in [3.8, 4) is 10.7 Å². The predicted octanol–water partition coefficient (Wildman–Crippen LogP) is 4.58. The summed E-state index contributed by atoms with van der Waals surface area (Å²) in [4.78, 5) is 8.84. The van der Waals surface area contributed by atoms with Gasteiger partial charge in [0.2, 0.25) is 0 Å². The second kappa shape index (κ2) is 5.21. The molecule has 0 aliphatic carbocycles. The van der Waals surface area contributed by atoms with Crippen LogP contribution in [0.1, 0.15) is 19.0 Å². The minimum atomic E-state index is 0.630. The zero-order chi connectivity index (χ0) is 11.5. The van der Waals surface area contributed by atoms with Gasteiger partial charge in [0.05, 0.1) is 9.35 Å². The molecule has 1 N–H and O–H groups in total. The maximum absolute atomic E-state index is 5.24. The fourth-order valence-electron chi connectivity index (χ4n) is 1.46. The first-order valence-electron chi connectivity index (χ1n) is 5.05. The first kappa shape index (κ1) is 12.0. The van der Waals surface area contributed by atoms with Crippen LogP contribution < -0.4 is 0 Å². The van der Waals surface area contributed by atoms with Crippen molar-refractivity contribution in [2.24, 2.45) is 0 Å². The average molecular weight is 315 g/mol. The molecule has 0 bridgehead atoms. The van der Waals surface area contributed by atoms with E-state index in [1.807, 2.05) is 17.5 Å². The molecule has 2 heterocycles. The molecule has 2 nitrogen and oxygen atoms in total. The number of hydrogen-bond donors (Lipinski definition) is 1. The minimum absolute atomic E-state index is 0.630. The van der Waals surface area contributed by atoms with E-state index in [-0.39, 0.29) is 0 Å². The predicted molar refractivity (Wildman–Crippen MR) is 74.4 cm³/mol. The summed E-state index contributed by atoms with van der Waals surface area (Å²) in [5.74, 6) is 0.867. The number of hydrogen-bond acceptors (Lipinski definition) is 3. The van der Waals surface area contributed by atoms with Crippen molar-refractivity contribution in [1.82, 2.24) is 9.97 Å². The molecule has 0 aliphatic rings. The quantitative estimate of drug-likeness (QED) is 0.840. The van der Waals surface area contributed by atoms with Gasteiger partial charge < -0.3 is 4.98 Å². The van der Waals surface area contributed by atoms with Crippen molar-refractivity contribution < 1.29 is 0 Å². The van der Waals surface area contributed by atoms with E-state index in [0.717, 1.165) is 33.7 Å². The van der Waals surface area contributed by atoms with Gasteiger partial charge in [0, 0.05) is 5.69 Å². The Hall–Kier alpha value is -0.520. The fraction of sp³-hybridized carbons (Fsp3) is 0.273. The van der Waals surface area contributed by atoms with Gasteiger partial charge in [-0.1, -0.05) is 31.6 Å². The van der Waals surface area contributed by atoms with Crippen molar-refractivity contribution in [2.75, 3.05) is 0 Å². The highest BCUT2D eigenvalue weighted by Gasteiger charge is 2.07. The maximum Gasteiger partial charge on any atom is 0.149 e. The Bertz CT molecular complexity index is 531. The van der Waals surface area contributed by atoms with Crippen molar-refractivity contribution >= 4 is 39.5 Å². The largest absolute Gasteiger partial charge is 0.341 e. The lowest BCUT2D eigenvalue weighted by Crippen LogP contribution is -1.97. The van der Waals surface area contributed by atoms with Gasteiger partial charge in [-0.25, -0.2) is 4.98 Å². The molecule has 0 unspecified atom stereocenters. The summed E-state index contributed by atoms with van der Waals surface area (Å²) in [7, 11) is 0. The molecule has 0 amide bonds. The zero-order valence-electron chi connectivity index (χ0n) is 8.79. The minimum Gasteiger partial charge on any atom is -0.341 e. The van der Waals surface area contributed by atoms with E-state index in [9.17, 15) is 0 Å². The number of aromatic nitrogens is 2. The van der Waals surface area contributed by atoms with Gasteiger partial charge in [-0.3, -0.25) is 0 Å². The lowest BCUT2D eigenvalue weighted by molar-refractivity contribution is 0.866. The summed E-state index contributed by atoms with van der Waals surface area (Å²) in [6.07, 6.45) is 2.06. The van der Waals surface area contributed by atoms with E-state index >= 15 is 0 Å². The van der Waals surface area contributed by atoms with Gasteiger partial charge in [0.15, 0.2) is 0 Å². The smallest absolute Gasteiger partial charge is 0.149 e. The molecule has 0 saturated carbocycles. The Morgan fingerprint density at radius 3 is 3.00 bits per heavy atom. The average Bonchev–Trinajstić information content (AvgIpc) is 2.78. The third-order valence-electron chi connectivity index (χ3n) is 2.19. The van der Waals surface area contributed by atoms with E-state index in [1.165, 1.54) is 0 Å². The van der Waals surface area contributed by atoms with Gasteiger partial charge >= 0.3 is 0 Å². The van der Waals surface area contributed by atoms with Gasteiger partial charge in [-0.15, -0.1) is 11.3 Å². The number of nitrogens with one attached hydrogen (secondary N) is 1. The van der Waals surface area contributed by atoms with Gasteiger partial charge in [0.1, 0.15) is 10.5 Å². The van der Waals surface area contributed by atoms with E-state index < -0.39 is 0 Å². The van der Waals surface area contributed by atoms with Crippen LogP contribution in [0, 0.1) is 4.64 Å². The Kier molecular flexibility index (Phi) is 3.89. The van der Waals surface area contributed by atoms with Crippen LogP contribution in [0.4, 0.5) is 0 Å². The topological polar surface area (TPSA) is 28.7 Å².